The van der Waals surface area contributed by atoms with Crippen molar-refractivity contribution in [3.05, 3.63) is 83.9 Å². The van der Waals surface area contributed by atoms with E-state index in [0.29, 0.717) is 17.8 Å². The number of aromatic amines is 1. The zero-order valence-corrected chi connectivity index (χ0v) is 16.0. The van der Waals surface area contributed by atoms with Gasteiger partial charge in [-0.05, 0) is 28.0 Å². The lowest BCUT2D eigenvalue weighted by molar-refractivity contribution is 1.03. The van der Waals surface area contributed by atoms with E-state index >= 15 is 0 Å². The number of aromatic nitrogens is 5. The smallest absolute Gasteiger partial charge is 0.165 e. The van der Waals surface area contributed by atoms with Crippen molar-refractivity contribution >= 4 is 22.1 Å². The fourth-order valence-electron chi connectivity index (χ4n) is 3.44. The number of hydrogen-bond donors (Lipinski definition) is 1. The summed E-state index contributed by atoms with van der Waals surface area (Å²) < 4.78 is 0. The Hall–Kier alpha value is -3.89. The molecule has 0 aliphatic rings. The van der Waals surface area contributed by atoms with Crippen molar-refractivity contribution in [3.63, 3.8) is 0 Å². The Bertz CT molecular complexity index is 1330. The first-order chi connectivity index (χ1) is 14.3. The number of rotatable bonds is 4. The van der Waals surface area contributed by atoms with Gasteiger partial charge in [0.05, 0.1) is 27.7 Å². The highest BCUT2D eigenvalue weighted by Gasteiger charge is 2.22. The molecule has 29 heavy (non-hydrogen) atoms. The van der Waals surface area contributed by atoms with Gasteiger partial charge in [0.25, 0.3) is 0 Å². The van der Waals surface area contributed by atoms with Gasteiger partial charge in [-0.15, -0.1) is 11.3 Å². The largest absolute Gasteiger partial charge is 0.259 e. The van der Waals surface area contributed by atoms with Crippen molar-refractivity contribution < 1.29 is 0 Å². The van der Waals surface area contributed by atoms with Crippen LogP contribution in [0.15, 0.2) is 67.3 Å². The van der Waals surface area contributed by atoms with E-state index in [1.807, 2.05) is 18.2 Å². The Labute approximate surface area is 170 Å². The number of H-pyrrole nitrogens is 1. The molecule has 2 aromatic carbocycles. The van der Waals surface area contributed by atoms with Gasteiger partial charge < -0.3 is 0 Å². The summed E-state index contributed by atoms with van der Waals surface area (Å²) in [6.07, 6.45) is 5.41. The summed E-state index contributed by atoms with van der Waals surface area (Å²) in [6, 6.07) is 18.9. The van der Waals surface area contributed by atoms with Crippen molar-refractivity contribution in [2.75, 3.05) is 0 Å². The molecule has 1 N–H and O–H groups in total. The van der Waals surface area contributed by atoms with Gasteiger partial charge in [0, 0.05) is 12.0 Å². The van der Waals surface area contributed by atoms with E-state index in [2.05, 4.69) is 61.8 Å². The lowest BCUT2D eigenvalue weighted by atomic mass is 9.97. The highest BCUT2D eigenvalue weighted by Crippen LogP contribution is 2.41. The van der Waals surface area contributed by atoms with Crippen LogP contribution in [0, 0.1) is 11.3 Å². The van der Waals surface area contributed by atoms with Crippen molar-refractivity contribution in [3.8, 4) is 27.2 Å². The molecule has 0 bridgehead atoms. The Balaban J connectivity index is 1.67. The van der Waals surface area contributed by atoms with E-state index in [-0.39, 0.29) is 0 Å². The average Bonchev–Trinajstić information content (AvgIpc) is 3.42. The summed E-state index contributed by atoms with van der Waals surface area (Å²) in [5, 5.41) is 27.1. The van der Waals surface area contributed by atoms with Crippen LogP contribution < -0.4 is 0 Å². The van der Waals surface area contributed by atoms with Crippen LogP contribution in [0.5, 0.6) is 0 Å². The molecular formula is C22H14N6S. The normalized spacial score (nSPS) is 10.9. The minimum Gasteiger partial charge on any atom is -0.259 e. The van der Waals surface area contributed by atoms with Crippen molar-refractivity contribution in [2.24, 2.45) is 0 Å². The van der Waals surface area contributed by atoms with Crippen LogP contribution in [-0.4, -0.2) is 25.4 Å². The second kappa shape index (κ2) is 7.26. The lowest BCUT2D eigenvalue weighted by Crippen LogP contribution is -1.94. The quantitative estimate of drug-likeness (QED) is 0.481. The second-order valence-corrected chi connectivity index (χ2v) is 7.57. The fraction of sp³-hybridized carbons (Fsp3) is 0.0455. The highest BCUT2D eigenvalue weighted by molar-refractivity contribution is 7.19. The van der Waals surface area contributed by atoms with Crippen molar-refractivity contribution in [2.45, 2.75) is 6.42 Å². The predicted molar refractivity (Wildman–Crippen MR) is 112 cm³/mol. The topological polar surface area (TPSA) is 91.1 Å². The fourth-order valence-corrected chi connectivity index (χ4v) is 4.65. The lowest BCUT2D eigenvalue weighted by Gasteiger charge is -2.06. The van der Waals surface area contributed by atoms with E-state index in [1.54, 1.807) is 12.4 Å². The van der Waals surface area contributed by atoms with Gasteiger partial charge in [-0.2, -0.15) is 20.6 Å². The van der Waals surface area contributed by atoms with Crippen LogP contribution in [0.1, 0.15) is 16.7 Å². The second-order valence-electron chi connectivity index (χ2n) is 6.55. The summed E-state index contributed by atoms with van der Waals surface area (Å²) in [6.45, 7) is 0. The molecule has 0 spiro atoms. The maximum atomic E-state index is 10.00. The third kappa shape index (κ3) is 3.16. The molecule has 0 amide bonds. The van der Waals surface area contributed by atoms with Gasteiger partial charge in [-0.3, -0.25) is 5.10 Å². The summed E-state index contributed by atoms with van der Waals surface area (Å²) in [4.78, 5) is 6.11. The molecule has 3 aromatic heterocycles. The molecule has 0 radical (unpaired) electrons. The van der Waals surface area contributed by atoms with Crippen LogP contribution in [-0.2, 0) is 6.42 Å². The predicted octanol–water partition coefficient (Wildman–Crippen LogP) is 4.61. The van der Waals surface area contributed by atoms with Gasteiger partial charge in [-0.1, -0.05) is 42.5 Å². The summed E-state index contributed by atoms with van der Waals surface area (Å²) in [5.74, 6) is 0.663. The highest BCUT2D eigenvalue weighted by atomic mass is 32.1. The standard InChI is InChI=1S/C22H14N6S/c23-11-19-18(10-14-5-6-15-3-1-2-4-16(15)9-14)21(22-24-13-27-28-22)29-20(19)17-7-8-25-26-12-17/h1-9,12-13H,10H2,(H,24,27,28). The Morgan fingerprint density at radius 3 is 2.66 bits per heavy atom. The van der Waals surface area contributed by atoms with Crippen LogP contribution in [0.25, 0.3) is 31.9 Å². The van der Waals surface area contributed by atoms with E-state index < -0.39 is 0 Å². The summed E-state index contributed by atoms with van der Waals surface area (Å²) in [5.41, 5.74) is 3.59. The van der Waals surface area contributed by atoms with Crippen molar-refractivity contribution in [1.82, 2.24) is 25.4 Å². The van der Waals surface area contributed by atoms with Crippen LogP contribution in [0.2, 0.25) is 0 Å². The Kier molecular flexibility index (Phi) is 4.31. The minimum absolute atomic E-state index is 0.624. The number of thiophene rings is 1. The Morgan fingerprint density at radius 2 is 1.90 bits per heavy atom. The molecule has 3 heterocycles. The van der Waals surface area contributed by atoms with Gasteiger partial charge in [0.2, 0.25) is 0 Å². The van der Waals surface area contributed by atoms with Crippen molar-refractivity contribution in [1.29, 1.82) is 5.26 Å². The summed E-state index contributed by atoms with van der Waals surface area (Å²) in [7, 11) is 0. The molecule has 0 aliphatic heterocycles. The maximum Gasteiger partial charge on any atom is 0.165 e. The third-order valence-electron chi connectivity index (χ3n) is 4.79. The molecule has 0 atom stereocenters. The maximum absolute atomic E-state index is 10.00. The first-order valence-corrected chi connectivity index (χ1v) is 9.81. The average molecular weight is 394 g/mol. The zero-order valence-electron chi connectivity index (χ0n) is 15.2. The molecule has 0 unspecified atom stereocenters. The minimum atomic E-state index is 0.624. The zero-order chi connectivity index (χ0) is 19.6. The van der Waals surface area contributed by atoms with Crippen LogP contribution >= 0.6 is 11.3 Å². The third-order valence-corrected chi connectivity index (χ3v) is 6.08. The molecule has 5 rings (SSSR count). The van der Waals surface area contributed by atoms with E-state index in [1.165, 1.54) is 28.4 Å². The van der Waals surface area contributed by atoms with Crippen LogP contribution in [0.3, 0.4) is 0 Å². The van der Waals surface area contributed by atoms with Crippen LogP contribution in [0.4, 0.5) is 0 Å². The number of nitriles is 1. The molecule has 0 saturated heterocycles. The molecule has 0 aliphatic carbocycles. The van der Waals surface area contributed by atoms with Gasteiger partial charge in [0.15, 0.2) is 5.82 Å². The van der Waals surface area contributed by atoms with Gasteiger partial charge in [0.1, 0.15) is 12.4 Å². The van der Waals surface area contributed by atoms with E-state index in [4.69, 9.17) is 0 Å². The van der Waals surface area contributed by atoms with Gasteiger partial charge >= 0.3 is 0 Å². The monoisotopic (exact) mass is 394 g/mol. The molecule has 0 saturated carbocycles. The molecule has 0 fully saturated rings. The SMILES string of the molecule is N#Cc1c(-c2ccnnc2)sc(-c2ncn[nH]2)c1Cc1ccc2ccccc2c1. The molecule has 5 aromatic rings. The number of hydrogen-bond acceptors (Lipinski definition) is 6. The first-order valence-electron chi connectivity index (χ1n) is 9.00. The number of nitrogens with zero attached hydrogens (tertiary/aromatic N) is 5. The summed E-state index contributed by atoms with van der Waals surface area (Å²) >= 11 is 1.52. The molecule has 138 valence electrons. The number of fused-ring (bicyclic) bond motifs is 1. The Morgan fingerprint density at radius 1 is 1.00 bits per heavy atom. The van der Waals surface area contributed by atoms with E-state index in [0.717, 1.165) is 26.4 Å². The van der Waals surface area contributed by atoms with Gasteiger partial charge in [-0.25, -0.2) is 4.98 Å². The molecule has 7 heteroatoms. The molecule has 6 nitrogen and oxygen atoms in total. The first kappa shape index (κ1) is 17.2. The number of nitrogens with one attached hydrogen (secondary N) is 1. The molecular weight excluding hydrogens is 380 g/mol. The van der Waals surface area contributed by atoms with E-state index in [9.17, 15) is 5.26 Å². The number of benzene rings is 2.